The molecule has 1 aromatic heterocycles. The van der Waals surface area contributed by atoms with E-state index in [2.05, 4.69) is 35.5 Å². The average molecular weight is 693 g/mol. The molecule has 42 heavy (non-hydrogen) atoms. The van der Waals surface area contributed by atoms with E-state index in [-0.39, 0.29) is 17.3 Å². The molecule has 234 valence electrons. The van der Waals surface area contributed by atoms with Crippen LogP contribution in [0.3, 0.4) is 0 Å². The fourth-order valence-electron chi connectivity index (χ4n) is 9.94. The first-order chi connectivity index (χ1) is 20.3. The number of carbonyl (C=O) groups is 1. The lowest BCUT2D eigenvalue weighted by atomic mass is 9.44. The highest BCUT2D eigenvalue weighted by Gasteiger charge is 2.63. The summed E-state index contributed by atoms with van der Waals surface area (Å²) in [6.07, 6.45) is 14.6. The zero-order valence-electron chi connectivity index (χ0n) is 26.0. The summed E-state index contributed by atoms with van der Waals surface area (Å²) >= 11 is -1.06. The Morgan fingerprint density at radius 2 is 1.83 bits per heavy atom. The third kappa shape index (κ3) is 6.70. The normalized spacial score (nSPS) is 37.4. The highest BCUT2D eigenvalue weighted by atomic mass is 127. The third-order valence-corrected chi connectivity index (χ3v) is 14.2. The second-order valence-electron chi connectivity index (χ2n) is 14.2. The monoisotopic (exact) mass is 692 g/mol. The number of methoxy groups -OCH3 is 1. The van der Waals surface area contributed by atoms with Gasteiger partial charge < -0.3 is 20.8 Å². The van der Waals surface area contributed by atoms with E-state index in [1.54, 1.807) is 0 Å². The molecule has 4 aliphatic rings. The molecule has 0 amide bonds. The summed E-state index contributed by atoms with van der Waals surface area (Å²) in [6, 6.07) is 6.65. The molecule has 5 unspecified atom stereocenters. The summed E-state index contributed by atoms with van der Waals surface area (Å²) < 4.78 is 18.1. The summed E-state index contributed by atoms with van der Waals surface area (Å²) in [7, 11) is 1.43. The number of halogens is 1. The van der Waals surface area contributed by atoms with Gasteiger partial charge in [0.2, 0.25) is 0 Å². The number of ether oxygens (including phenoxy) is 1. The zero-order valence-corrected chi connectivity index (χ0v) is 28.2. The molecule has 1 heterocycles. The van der Waals surface area contributed by atoms with Crippen LogP contribution in [0.2, 0.25) is 0 Å². The van der Waals surface area contributed by atoms with Gasteiger partial charge in [-0.25, -0.2) is 0 Å². The van der Waals surface area contributed by atoms with Crippen LogP contribution in [-0.2, 0) is 19.1 Å². The Hall–Kier alpha value is -1.26. The number of alkyl halides is 1. The number of aromatic nitrogens is 1. The van der Waals surface area contributed by atoms with Crippen molar-refractivity contribution in [1.29, 1.82) is 5.41 Å². The fraction of sp³-hybridized carbons (Fsp3) is 0.794. The van der Waals surface area contributed by atoms with E-state index in [4.69, 9.17) is 10.1 Å². The minimum atomic E-state index is -1.06. The van der Waals surface area contributed by atoms with Crippen molar-refractivity contribution in [2.24, 2.45) is 40.4 Å². The SMILES string of the molecule is COC(=O)CCC(=N)C1CCC2C3C(I=O)C[C@H]4C[C@H](NCCCCNCc5ccccn5)CC[C@]4(C)C3CC[C@]12C. The molecular weight excluding hydrogens is 639 g/mol. The van der Waals surface area contributed by atoms with Gasteiger partial charge in [0.1, 0.15) is 21.2 Å². The van der Waals surface area contributed by atoms with E-state index < -0.39 is 21.2 Å². The predicted octanol–water partition coefficient (Wildman–Crippen LogP) is 6.84. The van der Waals surface area contributed by atoms with Crippen LogP contribution in [-0.4, -0.2) is 46.8 Å². The molecule has 9 atom stereocenters. The molecule has 4 aliphatic carbocycles. The van der Waals surface area contributed by atoms with Crippen LogP contribution in [0.15, 0.2) is 24.4 Å². The van der Waals surface area contributed by atoms with Gasteiger partial charge in [-0.2, -0.15) is 0 Å². The Morgan fingerprint density at radius 3 is 2.60 bits per heavy atom. The van der Waals surface area contributed by atoms with Crippen molar-refractivity contribution in [1.82, 2.24) is 15.6 Å². The van der Waals surface area contributed by atoms with Crippen LogP contribution >= 0.6 is 21.2 Å². The van der Waals surface area contributed by atoms with Crippen LogP contribution in [0.1, 0.15) is 96.6 Å². The molecule has 8 heteroatoms. The van der Waals surface area contributed by atoms with E-state index in [1.165, 1.54) is 52.1 Å². The predicted molar refractivity (Wildman–Crippen MR) is 175 cm³/mol. The number of nitrogens with one attached hydrogen (secondary N) is 3. The number of rotatable bonds is 13. The molecule has 3 N–H and O–H groups in total. The lowest BCUT2D eigenvalue weighted by Gasteiger charge is -2.62. The summed E-state index contributed by atoms with van der Waals surface area (Å²) in [6.45, 7) is 7.95. The smallest absolute Gasteiger partial charge is 0.305 e. The Labute approximate surface area is 263 Å². The topological polar surface area (TPSA) is 104 Å². The third-order valence-electron chi connectivity index (χ3n) is 12.2. The van der Waals surface area contributed by atoms with Crippen LogP contribution in [0.5, 0.6) is 0 Å². The van der Waals surface area contributed by atoms with Crippen molar-refractivity contribution in [3.05, 3.63) is 30.1 Å². The molecule has 4 fully saturated rings. The molecule has 0 bridgehead atoms. The summed E-state index contributed by atoms with van der Waals surface area (Å²) in [5.74, 6) is 2.50. The maximum atomic E-state index is 12.9. The Morgan fingerprint density at radius 1 is 1.05 bits per heavy atom. The average Bonchev–Trinajstić information content (AvgIpc) is 3.36. The van der Waals surface area contributed by atoms with E-state index >= 15 is 0 Å². The Bertz CT molecular complexity index is 1090. The largest absolute Gasteiger partial charge is 0.469 e. The number of fused-ring (bicyclic) bond motifs is 5. The maximum absolute atomic E-state index is 12.9. The van der Waals surface area contributed by atoms with Crippen molar-refractivity contribution in [3.63, 3.8) is 0 Å². The number of pyridine rings is 1. The Balaban J connectivity index is 1.13. The quantitative estimate of drug-likeness (QED) is 0.0689. The molecule has 0 aromatic carbocycles. The van der Waals surface area contributed by atoms with Crippen LogP contribution < -0.4 is 10.6 Å². The molecule has 0 aliphatic heterocycles. The van der Waals surface area contributed by atoms with Crippen molar-refractivity contribution in [3.8, 4) is 0 Å². The fourth-order valence-corrected chi connectivity index (χ4v) is 12.1. The van der Waals surface area contributed by atoms with E-state index in [1.807, 2.05) is 18.3 Å². The van der Waals surface area contributed by atoms with Gasteiger partial charge >= 0.3 is 5.97 Å². The molecule has 7 nitrogen and oxygen atoms in total. The standard InChI is InChI=1S/C34H53IN4O3/c1-33-15-13-24(38-19-7-6-17-37-22-25-8-4-5-18-39-25)20-23(33)21-29(35-41)32-27-10-9-26(30(36)11-12-31(40)42-3)34(27,2)16-14-28(32)33/h4-5,8,18,23-24,26-29,32,36-38H,6-7,9-17,19-22H2,1-3H3/t23-,24-,26?,27?,28?,29?,32?,33+,34-/m1/s1. The van der Waals surface area contributed by atoms with Gasteiger partial charge in [-0.3, -0.25) is 12.8 Å². The van der Waals surface area contributed by atoms with Crippen LogP contribution in [0.4, 0.5) is 0 Å². The first-order valence-electron chi connectivity index (χ1n) is 16.5. The van der Waals surface area contributed by atoms with Crippen molar-refractivity contribution in [2.75, 3.05) is 20.2 Å². The van der Waals surface area contributed by atoms with Crippen LogP contribution in [0.25, 0.3) is 0 Å². The summed E-state index contributed by atoms with van der Waals surface area (Å²) in [4.78, 5) is 16.1. The van der Waals surface area contributed by atoms with Crippen molar-refractivity contribution >= 4 is 32.9 Å². The molecular formula is C34H53IN4O3. The van der Waals surface area contributed by atoms with Gasteiger partial charge in [-0.1, -0.05) is 19.9 Å². The van der Waals surface area contributed by atoms with Gasteiger partial charge in [0, 0.05) is 34.3 Å². The van der Waals surface area contributed by atoms with Crippen molar-refractivity contribution in [2.45, 2.75) is 107 Å². The minimum Gasteiger partial charge on any atom is -0.469 e. The number of carbonyl (C=O) groups excluding carboxylic acids is 1. The molecule has 0 radical (unpaired) electrons. The molecule has 0 saturated heterocycles. The van der Waals surface area contributed by atoms with Gasteiger partial charge in [0.25, 0.3) is 0 Å². The number of unbranched alkanes of at least 4 members (excludes halogenated alkanes) is 1. The highest BCUT2D eigenvalue weighted by Crippen LogP contribution is 2.69. The maximum Gasteiger partial charge on any atom is 0.305 e. The van der Waals surface area contributed by atoms with Gasteiger partial charge in [-0.05, 0) is 130 Å². The summed E-state index contributed by atoms with van der Waals surface area (Å²) in [5, 5.41) is 16.3. The van der Waals surface area contributed by atoms with E-state index in [9.17, 15) is 7.86 Å². The van der Waals surface area contributed by atoms with E-state index in [0.717, 1.165) is 50.3 Å². The van der Waals surface area contributed by atoms with Gasteiger partial charge in [0.15, 0.2) is 0 Å². The second kappa shape index (κ2) is 14.2. The zero-order chi connectivity index (χ0) is 29.7. The number of hydrogen-bond donors (Lipinski definition) is 3. The number of nitrogens with zero attached hydrogens (tertiary/aromatic N) is 1. The molecule has 0 spiro atoms. The van der Waals surface area contributed by atoms with Crippen LogP contribution in [0, 0.1) is 45.8 Å². The summed E-state index contributed by atoms with van der Waals surface area (Å²) in [5.41, 5.74) is 2.30. The molecule has 4 saturated carbocycles. The van der Waals surface area contributed by atoms with E-state index in [0.29, 0.717) is 51.9 Å². The number of esters is 1. The number of hydrogen-bond acceptors (Lipinski definition) is 7. The van der Waals surface area contributed by atoms with Crippen molar-refractivity contribution < 1.29 is 12.6 Å². The second-order valence-corrected chi connectivity index (χ2v) is 16.3. The lowest BCUT2D eigenvalue weighted by Crippen LogP contribution is -2.58. The Kier molecular flexibility index (Phi) is 10.9. The molecule has 5 rings (SSSR count). The van der Waals surface area contributed by atoms with Gasteiger partial charge in [-0.15, -0.1) is 0 Å². The first-order valence-corrected chi connectivity index (χ1v) is 18.7. The lowest BCUT2D eigenvalue weighted by molar-refractivity contribution is -0.140. The van der Waals surface area contributed by atoms with Gasteiger partial charge in [0.05, 0.1) is 19.2 Å². The molecule has 1 aromatic rings. The highest BCUT2D eigenvalue weighted by molar-refractivity contribution is 14.1. The minimum absolute atomic E-state index is 0.111. The first kappa shape index (κ1) is 32.1.